The first-order chi connectivity index (χ1) is 13.9. The van der Waals surface area contributed by atoms with E-state index < -0.39 is 11.6 Å². The van der Waals surface area contributed by atoms with Crippen molar-refractivity contribution in [2.24, 2.45) is 0 Å². The SMILES string of the molecule is CC(=O)Nc1ccc(C(=O)CN2C(=O)N[C@]3(CCc4ccccc4C3)C2=O)cc1. The van der Waals surface area contributed by atoms with Gasteiger partial charge in [0.1, 0.15) is 5.54 Å². The molecule has 2 N–H and O–H groups in total. The van der Waals surface area contributed by atoms with Gasteiger partial charge in [-0.3, -0.25) is 19.3 Å². The summed E-state index contributed by atoms with van der Waals surface area (Å²) in [5.74, 6) is -0.890. The number of carbonyl (C=O) groups is 4. The van der Waals surface area contributed by atoms with E-state index in [0.29, 0.717) is 30.5 Å². The summed E-state index contributed by atoms with van der Waals surface area (Å²) in [5.41, 5.74) is 2.21. The maximum atomic E-state index is 13.1. The molecule has 0 aromatic heterocycles. The number of anilines is 1. The van der Waals surface area contributed by atoms with Crippen LogP contribution in [0.4, 0.5) is 10.5 Å². The molecule has 4 amide bonds. The topological polar surface area (TPSA) is 95.6 Å². The van der Waals surface area contributed by atoms with Crippen molar-refractivity contribution in [3.63, 3.8) is 0 Å². The van der Waals surface area contributed by atoms with Gasteiger partial charge in [-0.1, -0.05) is 24.3 Å². The van der Waals surface area contributed by atoms with Gasteiger partial charge >= 0.3 is 6.03 Å². The summed E-state index contributed by atoms with van der Waals surface area (Å²) >= 11 is 0. The van der Waals surface area contributed by atoms with Crippen LogP contribution in [0.15, 0.2) is 48.5 Å². The minimum atomic E-state index is -0.971. The Morgan fingerprint density at radius 1 is 1.07 bits per heavy atom. The van der Waals surface area contributed by atoms with Gasteiger partial charge in [-0.25, -0.2) is 4.79 Å². The third-order valence-corrected chi connectivity index (χ3v) is 5.51. The number of Topliss-reactive ketones (excluding diaryl/α,β-unsaturated/α-hetero) is 1. The van der Waals surface area contributed by atoms with Crippen molar-refractivity contribution in [3.05, 3.63) is 65.2 Å². The zero-order valence-electron chi connectivity index (χ0n) is 16.0. The summed E-state index contributed by atoms with van der Waals surface area (Å²) in [6, 6.07) is 13.7. The monoisotopic (exact) mass is 391 g/mol. The first kappa shape index (κ1) is 18.9. The molecule has 1 saturated heterocycles. The summed E-state index contributed by atoms with van der Waals surface area (Å²) in [7, 11) is 0. The predicted octanol–water partition coefficient (Wildman–Crippen LogP) is 2.31. The number of hydrogen-bond donors (Lipinski definition) is 2. The van der Waals surface area contributed by atoms with Crippen LogP contribution in [-0.2, 0) is 22.4 Å². The molecule has 148 valence electrons. The van der Waals surface area contributed by atoms with Gasteiger partial charge in [0.15, 0.2) is 5.78 Å². The Kier molecular flexibility index (Phi) is 4.66. The van der Waals surface area contributed by atoms with Gasteiger partial charge in [0.05, 0.1) is 6.54 Å². The quantitative estimate of drug-likeness (QED) is 0.618. The molecule has 1 aliphatic carbocycles. The maximum Gasteiger partial charge on any atom is 0.325 e. The summed E-state index contributed by atoms with van der Waals surface area (Å²) in [6.45, 7) is 1.09. The molecule has 1 aliphatic heterocycles. The third-order valence-electron chi connectivity index (χ3n) is 5.51. The van der Waals surface area contributed by atoms with E-state index in [1.807, 2.05) is 24.3 Å². The molecule has 0 bridgehead atoms. The lowest BCUT2D eigenvalue weighted by atomic mass is 9.78. The van der Waals surface area contributed by atoms with E-state index in [1.165, 1.54) is 12.5 Å². The lowest BCUT2D eigenvalue weighted by Crippen LogP contribution is -2.51. The number of amides is 4. The second kappa shape index (κ2) is 7.16. The number of fused-ring (bicyclic) bond motifs is 1. The van der Waals surface area contributed by atoms with Gasteiger partial charge in [0.2, 0.25) is 5.91 Å². The van der Waals surface area contributed by atoms with Crippen molar-refractivity contribution < 1.29 is 19.2 Å². The van der Waals surface area contributed by atoms with Gasteiger partial charge in [-0.05, 0) is 48.2 Å². The fourth-order valence-electron chi connectivity index (χ4n) is 4.02. The Labute approximate surface area is 168 Å². The van der Waals surface area contributed by atoms with E-state index in [9.17, 15) is 19.2 Å². The molecule has 1 spiro atoms. The number of benzene rings is 2. The van der Waals surface area contributed by atoms with E-state index in [0.717, 1.165) is 10.5 Å². The van der Waals surface area contributed by atoms with Gasteiger partial charge in [0, 0.05) is 24.6 Å². The molecule has 2 aliphatic rings. The largest absolute Gasteiger partial charge is 0.326 e. The minimum Gasteiger partial charge on any atom is -0.326 e. The average molecular weight is 391 g/mol. The average Bonchev–Trinajstić information content (AvgIpc) is 2.92. The standard InChI is InChI=1S/C22H21N3O4/c1-14(26)23-18-8-6-16(7-9-18)19(27)13-25-20(28)22(24-21(25)29)11-10-15-4-2-3-5-17(15)12-22/h2-9H,10-13H2,1H3,(H,23,26)(H,24,29)/t22-/m0/s1. The molecule has 1 heterocycles. The van der Waals surface area contributed by atoms with Gasteiger partial charge in [0.25, 0.3) is 5.91 Å². The molecule has 29 heavy (non-hydrogen) atoms. The molecule has 7 heteroatoms. The number of ketones is 1. The molecular formula is C22H21N3O4. The number of nitrogens with one attached hydrogen (secondary N) is 2. The Morgan fingerprint density at radius 3 is 2.45 bits per heavy atom. The van der Waals surface area contributed by atoms with Crippen LogP contribution in [-0.4, -0.2) is 40.6 Å². The van der Waals surface area contributed by atoms with E-state index >= 15 is 0 Å². The maximum absolute atomic E-state index is 13.1. The molecule has 7 nitrogen and oxygen atoms in total. The van der Waals surface area contributed by atoms with Crippen LogP contribution in [0.3, 0.4) is 0 Å². The molecular weight excluding hydrogens is 370 g/mol. The van der Waals surface area contributed by atoms with E-state index in [1.54, 1.807) is 24.3 Å². The van der Waals surface area contributed by atoms with Crippen LogP contribution in [0.5, 0.6) is 0 Å². The predicted molar refractivity (Wildman–Crippen MR) is 107 cm³/mol. The van der Waals surface area contributed by atoms with Crippen molar-refractivity contribution >= 4 is 29.3 Å². The van der Waals surface area contributed by atoms with Gasteiger partial charge in [-0.15, -0.1) is 0 Å². The Morgan fingerprint density at radius 2 is 1.76 bits per heavy atom. The normalized spacial score (nSPS) is 20.4. The number of aryl methyl sites for hydroxylation is 1. The zero-order chi connectivity index (χ0) is 20.6. The molecule has 4 rings (SSSR count). The molecule has 0 saturated carbocycles. The highest BCUT2D eigenvalue weighted by molar-refractivity contribution is 6.11. The van der Waals surface area contributed by atoms with Crippen LogP contribution < -0.4 is 10.6 Å². The fourth-order valence-corrected chi connectivity index (χ4v) is 4.02. The van der Waals surface area contributed by atoms with Crippen LogP contribution in [0.25, 0.3) is 0 Å². The van der Waals surface area contributed by atoms with Crippen molar-refractivity contribution in [1.82, 2.24) is 10.2 Å². The highest BCUT2D eigenvalue weighted by Gasteiger charge is 2.52. The number of nitrogens with zero attached hydrogens (tertiary/aromatic N) is 1. The molecule has 2 aromatic carbocycles. The van der Waals surface area contributed by atoms with Crippen LogP contribution in [0.2, 0.25) is 0 Å². The second-order valence-corrected chi connectivity index (χ2v) is 7.53. The third kappa shape index (κ3) is 3.51. The summed E-state index contributed by atoms with van der Waals surface area (Å²) in [6.07, 6.45) is 1.66. The molecule has 1 atom stereocenters. The Hall–Kier alpha value is -3.48. The highest BCUT2D eigenvalue weighted by atomic mass is 16.2. The smallest absolute Gasteiger partial charge is 0.325 e. The number of urea groups is 1. The number of imide groups is 1. The number of hydrogen-bond acceptors (Lipinski definition) is 4. The zero-order valence-corrected chi connectivity index (χ0v) is 16.0. The van der Waals surface area contributed by atoms with Crippen molar-refractivity contribution in [3.8, 4) is 0 Å². The van der Waals surface area contributed by atoms with Crippen LogP contribution in [0, 0.1) is 0 Å². The number of carbonyl (C=O) groups excluding carboxylic acids is 4. The van der Waals surface area contributed by atoms with Crippen LogP contribution in [0.1, 0.15) is 34.8 Å². The second-order valence-electron chi connectivity index (χ2n) is 7.53. The lowest BCUT2D eigenvalue weighted by Gasteiger charge is -2.32. The Bertz CT molecular complexity index is 1010. The summed E-state index contributed by atoms with van der Waals surface area (Å²) in [4.78, 5) is 50.3. The molecule has 2 aromatic rings. The lowest BCUT2D eigenvalue weighted by molar-refractivity contribution is -0.131. The molecule has 1 fully saturated rings. The van der Waals surface area contributed by atoms with Crippen molar-refractivity contribution in [2.45, 2.75) is 31.7 Å². The molecule has 0 radical (unpaired) electrons. The summed E-state index contributed by atoms with van der Waals surface area (Å²) in [5, 5.41) is 5.46. The van der Waals surface area contributed by atoms with Crippen molar-refractivity contribution in [1.29, 1.82) is 0 Å². The summed E-state index contributed by atoms with van der Waals surface area (Å²) < 4.78 is 0. The van der Waals surface area contributed by atoms with Gasteiger partial charge in [-0.2, -0.15) is 0 Å². The minimum absolute atomic E-state index is 0.206. The first-order valence-electron chi connectivity index (χ1n) is 9.50. The number of rotatable bonds is 4. The van der Waals surface area contributed by atoms with E-state index in [-0.39, 0.29) is 24.1 Å². The van der Waals surface area contributed by atoms with Crippen LogP contribution >= 0.6 is 0 Å². The van der Waals surface area contributed by atoms with E-state index in [2.05, 4.69) is 10.6 Å². The fraction of sp³-hybridized carbons (Fsp3) is 0.273. The molecule has 0 unspecified atom stereocenters. The van der Waals surface area contributed by atoms with Crippen molar-refractivity contribution in [2.75, 3.05) is 11.9 Å². The Balaban J connectivity index is 1.48. The van der Waals surface area contributed by atoms with Gasteiger partial charge < -0.3 is 10.6 Å². The first-order valence-corrected chi connectivity index (χ1v) is 9.50. The highest BCUT2D eigenvalue weighted by Crippen LogP contribution is 2.33. The van der Waals surface area contributed by atoms with E-state index in [4.69, 9.17) is 0 Å².